The first-order chi connectivity index (χ1) is 35.3. The Labute approximate surface area is 441 Å². The highest BCUT2D eigenvalue weighted by atomic mass is 16.7. The number of ether oxygens (including phenoxy) is 2. The van der Waals surface area contributed by atoms with Crippen molar-refractivity contribution in [2.75, 3.05) is 13.2 Å². The highest BCUT2D eigenvalue weighted by Gasteiger charge is 2.44. The highest BCUT2D eigenvalue weighted by Crippen LogP contribution is 2.23. The maximum absolute atomic E-state index is 13.0. The molecule has 9 nitrogen and oxygen atoms in total. The molecule has 0 bridgehead atoms. The number of aliphatic hydroxyl groups is 5. The molecule has 1 aliphatic heterocycles. The molecule has 414 valence electrons. The molecule has 6 N–H and O–H groups in total. The van der Waals surface area contributed by atoms with Gasteiger partial charge in [0.05, 0.1) is 25.4 Å². The molecule has 0 spiro atoms. The fraction of sp³-hybridized carbons (Fsp3) is 0.730. The van der Waals surface area contributed by atoms with Crippen LogP contribution in [-0.4, -0.2) is 87.5 Å². The smallest absolute Gasteiger partial charge is 0.220 e. The first-order valence-corrected chi connectivity index (χ1v) is 29.5. The second kappa shape index (κ2) is 51.6. The summed E-state index contributed by atoms with van der Waals surface area (Å²) in [5.74, 6) is -0.189. The van der Waals surface area contributed by atoms with Crippen LogP contribution in [0.3, 0.4) is 0 Å². The van der Waals surface area contributed by atoms with Crippen molar-refractivity contribution in [1.29, 1.82) is 0 Å². The number of amides is 1. The summed E-state index contributed by atoms with van der Waals surface area (Å²) in [7, 11) is 0. The third-order valence-corrected chi connectivity index (χ3v) is 13.4. The van der Waals surface area contributed by atoms with Crippen LogP contribution in [0.1, 0.15) is 239 Å². The molecule has 0 saturated carbocycles. The second-order valence-electron chi connectivity index (χ2n) is 20.0. The van der Waals surface area contributed by atoms with E-state index in [9.17, 15) is 30.3 Å². The van der Waals surface area contributed by atoms with E-state index in [0.717, 1.165) is 77.0 Å². The van der Waals surface area contributed by atoms with Crippen molar-refractivity contribution in [1.82, 2.24) is 5.32 Å². The molecule has 0 aliphatic carbocycles. The number of rotatable bonds is 49. The van der Waals surface area contributed by atoms with E-state index in [1.165, 1.54) is 141 Å². The van der Waals surface area contributed by atoms with Gasteiger partial charge in [0.2, 0.25) is 5.91 Å². The van der Waals surface area contributed by atoms with Gasteiger partial charge in [-0.25, -0.2) is 0 Å². The lowest BCUT2D eigenvalue weighted by atomic mass is 9.99. The van der Waals surface area contributed by atoms with Gasteiger partial charge in [0.15, 0.2) is 6.29 Å². The van der Waals surface area contributed by atoms with Crippen molar-refractivity contribution in [2.45, 2.75) is 281 Å². The molecule has 1 saturated heterocycles. The molecular weight excluding hydrogens is 899 g/mol. The summed E-state index contributed by atoms with van der Waals surface area (Å²) in [5, 5.41) is 54.4. The normalized spacial score (nSPS) is 19.9. The topological polar surface area (TPSA) is 149 Å². The van der Waals surface area contributed by atoms with Crippen molar-refractivity contribution < 1.29 is 39.8 Å². The van der Waals surface area contributed by atoms with Crippen molar-refractivity contribution in [3.8, 4) is 0 Å². The number of aliphatic hydroxyl groups excluding tert-OH is 5. The Morgan fingerprint density at radius 3 is 1.33 bits per heavy atom. The average molecular weight is 1010 g/mol. The number of carbonyl (C=O) groups excluding carboxylic acids is 1. The molecule has 7 atom stereocenters. The zero-order chi connectivity index (χ0) is 52.2. The zero-order valence-electron chi connectivity index (χ0n) is 45.9. The minimum atomic E-state index is -1.57. The Morgan fingerprint density at radius 2 is 0.875 bits per heavy atom. The quantitative estimate of drug-likeness (QED) is 0.0261. The molecule has 1 fully saturated rings. The number of hydrogen-bond acceptors (Lipinski definition) is 8. The predicted molar refractivity (Wildman–Crippen MR) is 304 cm³/mol. The van der Waals surface area contributed by atoms with Gasteiger partial charge in [-0.15, -0.1) is 0 Å². The Kier molecular flexibility index (Phi) is 48.1. The van der Waals surface area contributed by atoms with Gasteiger partial charge in [0.25, 0.3) is 0 Å². The van der Waals surface area contributed by atoms with Gasteiger partial charge in [-0.1, -0.05) is 246 Å². The number of hydrogen-bond donors (Lipinski definition) is 6. The van der Waals surface area contributed by atoms with Crippen molar-refractivity contribution >= 4 is 5.91 Å². The third kappa shape index (κ3) is 40.5. The summed E-state index contributed by atoms with van der Waals surface area (Å²) in [4.78, 5) is 13.0. The van der Waals surface area contributed by atoms with Crippen molar-refractivity contribution in [3.05, 3.63) is 97.2 Å². The molecule has 0 aromatic heterocycles. The molecule has 1 aliphatic rings. The first-order valence-electron chi connectivity index (χ1n) is 29.5. The molecule has 9 heteroatoms. The van der Waals surface area contributed by atoms with Crippen LogP contribution in [0.25, 0.3) is 0 Å². The van der Waals surface area contributed by atoms with Gasteiger partial charge in [-0.2, -0.15) is 0 Å². The minimum Gasteiger partial charge on any atom is -0.394 e. The molecule has 1 heterocycles. The second-order valence-corrected chi connectivity index (χ2v) is 20.0. The van der Waals surface area contributed by atoms with Gasteiger partial charge in [0, 0.05) is 6.42 Å². The lowest BCUT2D eigenvalue weighted by Gasteiger charge is -2.40. The molecule has 0 aromatic rings. The van der Waals surface area contributed by atoms with Gasteiger partial charge in [0.1, 0.15) is 24.4 Å². The van der Waals surface area contributed by atoms with Crippen LogP contribution < -0.4 is 5.32 Å². The molecular formula is C63H109NO8. The lowest BCUT2D eigenvalue weighted by Crippen LogP contribution is -2.60. The van der Waals surface area contributed by atoms with Crippen LogP contribution in [-0.2, 0) is 14.3 Å². The standard InChI is InChI=1S/C63H109NO8/c1-3-5-7-9-11-13-15-17-19-20-21-22-23-24-25-26-27-28-29-30-31-32-33-34-35-36-37-38-39-41-43-45-47-49-51-53-59(67)64-56(55-71-63-62(70)61(69)60(68)58(54-65)72-63)57(66)52-50-48-46-44-42-40-18-16-14-12-10-8-6-4-2/h5,7,11,13,17,19,21-22,24-25,27-28,42,44,50,52,56-58,60-63,65-66,68-70H,3-4,6,8-10,12,14-16,18,20,23,26,29-41,43,45-49,51,53-55H2,1-2H3,(H,64,67)/b7-5-,13-11-,19-17-,22-21-,25-24-,28-27-,44-42+,52-50+. The van der Waals surface area contributed by atoms with E-state index in [2.05, 4.69) is 104 Å². The van der Waals surface area contributed by atoms with Crippen molar-refractivity contribution in [3.63, 3.8) is 0 Å². The Bertz CT molecular complexity index is 1450. The summed E-state index contributed by atoms with van der Waals surface area (Å²) in [6.45, 7) is 3.64. The Hall–Kier alpha value is -2.89. The van der Waals surface area contributed by atoms with Crippen molar-refractivity contribution in [2.24, 2.45) is 0 Å². The summed E-state index contributed by atoms with van der Waals surface area (Å²) in [6.07, 6.45) is 67.7. The van der Waals surface area contributed by atoms with E-state index in [1.807, 2.05) is 6.08 Å². The SMILES string of the molecule is CC/C=C\C/C=C\C/C=C\C/C=C\C/C=C\C/C=C\CCCCCCCCCCCCCCCCCCC(=O)NC(COC1OC(CO)C(O)C(O)C1O)C(O)/C=C/CC/C=C/CCCCCCCCCC. The number of allylic oxidation sites excluding steroid dienone is 15. The van der Waals surface area contributed by atoms with Crippen LogP contribution in [0.4, 0.5) is 0 Å². The largest absolute Gasteiger partial charge is 0.394 e. The maximum atomic E-state index is 13.0. The van der Waals surface area contributed by atoms with E-state index >= 15 is 0 Å². The molecule has 72 heavy (non-hydrogen) atoms. The fourth-order valence-corrected chi connectivity index (χ4v) is 8.76. The fourth-order valence-electron chi connectivity index (χ4n) is 8.76. The van der Waals surface area contributed by atoms with E-state index in [0.29, 0.717) is 6.42 Å². The van der Waals surface area contributed by atoms with Crippen LogP contribution in [0.5, 0.6) is 0 Å². The number of nitrogens with one attached hydrogen (secondary N) is 1. The van der Waals surface area contributed by atoms with E-state index in [4.69, 9.17) is 9.47 Å². The van der Waals surface area contributed by atoms with Gasteiger partial charge < -0.3 is 40.3 Å². The molecule has 0 aromatic carbocycles. The highest BCUT2D eigenvalue weighted by molar-refractivity contribution is 5.76. The van der Waals surface area contributed by atoms with Crippen LogP contribution in [0, 0.1) is 0 Å². The van der Waals surface area contributed by atoms with Crippen LogP contribution in [0.15, 0.2) is 97.2 Å². The third-order valence-electron chi connectivity index (χ3n) is 13.4. The molecule has 1 rings (SSSR count). The molecule has 7 unspecified atom stereocenters. The van der Waals surface area contributed by atoms with Gasteiger partial charge in [-0.3, -0.25) is 4.79 Å². The monoisotopic (exact) mass is 1010 g/mol. The average Bonchev–Trinajstić information content (AvgIpc) is 3.38. The van der Waals surface area contributed by atoms with E-state index in [1.54, 1.807) is 6.08 Å². The summed E-state index contributed by atoms with van der Waals surface area (Å²) in [5.41, 5.74) is 0. The van der Waals surface area contributed by atoms with Gasteiger partial charge in [-0.05, 0) is 83.5 Å². The summed E-state index contributed by atoms with van der Waals surface area (Å²) >= 11 is 0. The summed E-state index contributed by atoms with van der Waals surface area (Å²) < 4.78 is 11.2. The number of unbranched alkanes of at least 4 members (excludes halogenated alkanes) is 25. The Balaban J connectivity index is 2.14. The maximum Gasteiger partial charge on any atom is 0.220 e. The molecule has 0 radical (unpaired) electrons. The summed E-state index contributed by atoms with van der Waals surface area (Å²) in [6, 6.07) is -0.825. The predicted octanol–water partition coefficient (Wildman–Crippen LogP) is 14.8. The van der Waals surface area contributed by atoms with Crippen LogP contribution in [0.2, 0.25) is 0 Å². The lowest BCUT2D eigenvalue weighted by molar-refractivity contribution is -0.302. The Morgan fingerprint density at radius 1 is 0.486 bits per heavy atom. The van der Waals surface area contributed by atoms with Crippen LogP contribution >= 0.6 is 0 Å². The van der Waals surface area contributed by atoms with E-state index < -0.39 is 49.5 Å². The van der Waals surface area contributed by atoms with E-state index in [-0.39, 0.29) is 12.5 Å². The minimum absolute atomic E-state index is 0.189. The molecule has 1 amide bonds. The number of carbonyl (C=O) groups is 1. The van der Waals surface area contributed by atoms with Gasteiger partial charge >= 0.3 is 0 Å². The first kappa shape index (κ1) is 67.1. The zero-order valence-corrected chi connectivity index (χ0v) is 45.9.